The monoisotopic (exact) mass is 254 g/mol. The lowest BCUT2D eigenvalue weighted by Gasteiger charge is -2.18. The molecule has 5 heteroatoms. The summed E-state index contributed by atoms with van der Waals surface area (Å²) >= 11 is 0. The molecule has 0 amide bonds. The SMILES string of the molecule is CC(C)(C)C(=O)OCOC(=O)[C@@H]1C[C@@H]2C=C[C@H]1O2. The van der Waals surface area contributed by atoms with Gasteiger partial charge in [-0.25, -0.2) is 0 Å². The van der Waals surface area contributed by atoms with E-state index >= 15 is 0 Å². The van der Waals surface area contributed by atoms with Crippen molar-refractivity contribution in [2.24, 2.45) is 11.3 Å². The molecule has 0 radical (unpaired) electrons. The second kappa shape index (κ2) is 4.72. The third kappa shape index (κ3) is 2.72. The van der Waals surface area contributed by atoms with Crippen LogP contribution in [0, 0.1) is 11.3 Å². The molecule has 2 heterocycles. The van der Waals surface area contributed by atoms with Crippen LogP contribution in [0.15, 0.2) is 12.2 Å². The fourth-order valence-corrected chi connectivity index (χ4v) is 1.97. The van der Waals surface area contributed by atoms with Gasteiger partial charge in [0.2, 0.25) is 6.79 Å². The van der Waals surface area contributed by atoms with Gasteiger partial charge in [-0.2, -0.15) is 0 Å². The Kier molecular flexibility index (Phi) is 3.43. The van der Waals surface area contributed by atoms with E-state index < -0.39 is 5.41 Å². The molecule has 0 aliphatic carbocycles. The summed E-state index contributed by atoms with van der Waals surface area (Å²) in [6.07, 6.45) is 4.33. The lowest BCUT2D eigenvalue weighted by Crippen LogP contribution is -2.28. The van der Waals surface area contributed by atoms with Gasteiger partial charge in [-0.1, -0.05) is 12.2 Å². The van der Waals surface area contributed by atoms with E-state index in [0.717, 1.165) is 0 Å². The molecule has 2 aliphatic heterocycles. The fourth-order valence-electron chi connectivity index (χ4n) is 1.97. The molecule has 100 valence electrons. The molecular weight excluding hydrogens is 236 g/mol. The molecule has 2 aliphatic rings. The molecule has 0 aromatic rings. The Hall–Kier alpha value is -1.36. The number of carbonyl (C=O) groups is 2. The van der Waals surface area contributed by atoms with Crippen molar-refractivity contribution in [3.63, 3.8) is 0 Å². The number of carbonyl (C=O) groups excluding carboxylic acids is 2. The van der Waals surface area contributed by atoms with Gasteiger partial charge in [0.25, 0.3) is 0 Å². The first kappa shape index (κ1) is 13.1. The Balaban J connectivity index is 1.73. The zero-order chi connectivity index (χ0) is 13.3. The third-order valence-corrected chi connectivity index (χ3v) is 3.04. The van der Waals surface area contributed by atoms with Crippen LogP contribution in [0.1, 0.15) is 27.2 Å². The van der Waals surface area contributed by atoms with E-state index in [1.165, 1.54) is 0 Å². The van der Waals surface area contributed by atoms with Crippen molar-refractivity contribution >= 4 is 11.9 Å². The largest absolute Gasteiger partial charge is 0.428 e. The molecule has 0 aromatic heterocycles. The highest BCUT2D eigenvalue weighted by molar-refractivity contribution is 5.76. The van der Waals surface area contributed by atoms with Crippen LogP contribution in [0.4, 0.5) is 0 Å². The average molecular weight is 254 g/mol. The number of ether oxygens (including phenoxy) is 3. The summed E-state index contributed by atoms with van der Waals surface area (Å²) in [4.78, 5) is 23.2. The van der Waals surface area contributed by atoms with Gasteiger partial charge in [0.05, 0.1) is 23.5 Å². The maximum atomic E-state index is 11.7. The molecule has 2 bridgehead atoms. The predicted molar refractivity (Wildman–Crippen MR) is 62.4 cm³/mol. The Morgan fingerprint density at radius 2 is 2.00 bits per heavy atom. The first-order valence-corrected chi connectivity index (χ1v) is 6.05. The summed E-state index contributed by atoms with van der Waals surface area (Å²) in [5.41, 5.74) is -0.593. The normalized spacial score (nSPS) is 29.4. The van der Waals surface area contributed by atoms with Crippen molar-refractivity contribution in [1.82, 2.24) is 0 Å². The molecule has 0 spiro atoms. The number of hydrogen-bond donors (Lipinski definition) is 0. The first-order valence-electron chi connectivity index (χ1n) is 6.05. The van der Waals surface area contributed by atoms with Crippen molar-refractivity contribution in [2.45, 2.75) is 39.4 Å². The zero-order valence-corrected chi connectivity index (χ0v) is 10.8. The molecule has 0 unspecified atom stereocenters. The van der Waals surface area contributed by atoms with E-state index in [1.807, 2.05) is 12.2 Å². The Morgan fingerprint density at radius 3 is 2.50 bits per heavy atom. The second-order valence-corrected chi connectivity index (χ2v) is 5.63. The van der Waals surface area contributed by atoms with Gasteiger partial charge in [0.15, 0.2) is 0 Å². The highest BCUT2D eigenvalue weighted by Crippen LogP contribution is 2.34. The molecule has 3 atom stereocenters. The van der Waals surface area contributed by atoms with Gasteiger partial charge >= 0.3 is 11.9 Å². The Bertz CT molecular complexity index is 379. The van der Waals surface area contributed by atoms with Gasteiger partial charge in [-0.05, 0) is 27.2 Å². The minimum absolute atomic E-state index is 0.0321. The van der Waals surface area contributed by atoms with Crippen LogP contribution >= 0.6 is 0 Å². The van der Waals surface area contributed by atoms with Crippen LogP contribution in [0.5, 0.6) is 0 Å². The van der Waals surface area contributed by atoms with Gasteiger partial charge in [-0.15, -0.1) is 0 Å². The summed E-state index contributed by atoms with van der Waals surface area (Å²) in [6, 6.07) is 0. The summed E-state index contributed by atoms with van der Waals surface area (Å²) in [5, 5.41) is 0. The van der Waals surface area contributed by atoms with Gasteiger partial charge in [-0.3, -0.25) is 9.59 Å². The highest BCUT2D eigenvalue weighted by Gasteiger charge is 2.42. The van der Waals surface area contributed by atoms with Crippen molar-refractivity contribution in [1.29, 1.82) is 0 Å². The molecule has 0 saturated carbocycles. The van der Waals surface area contributed by atoms with Crippen molar-refractivity contribution < 1.29 is 23.8 Å². The fraction of sp³-hybridized carbons (Fsp3) is 0.692. The molecular formula is C13H18O5. The minimum atomic E-state index is -0.593. The standard InChI is InChI=1S/C13H18O5/c1-13(2,3)12(15)17-7-16-11(14)9-6-8-4-5-10(9)18-8/h4-5,8-10H,6-7H2,1-3H3/t8-,9+,10+/m0/s1. The lowest BCUT2D eigenvalue weighted by molar-refractivity contribution is -0.175. The second-order valence-electron chi connectivity index (χ2n) is 5.63. The molecule has 1 saturated heterocycles. The predicted octanol–water partition coefficient (Wildman–Crippen LogP) is 1.42. The molecule has 5 nitrogen and oxygen atoms in total. The van der Waals surface area contributed by atoms with Crippen LogP contribution < -0.4 is 0 Å². The van der Waals surface area contributed by atoms with E-state index in [1.54, 1.807) is 20.8 Å². The van der Waals surface area contributed by atoms with Crippen molar-refractivity contribution in [3.05, 3.63) is 12.2 Å². The van der Waals surface area contributed by atoms with Crippen LogP contribution in [-0.2, 0) is 23.8 Å². The van der Waals surface area contributed by atoms with Gasteiger partial charge < -0.3 is 14.2 Å². The lowest BCUT2D eigenvalue weighted by atomic mass is 9.95. The molecule has 0 aromatic carbocycles. The average Bonchev–Trinajstić information content (AvgIpc) is 2.88. The zero-order valence-electron chi connectivity index (χ0n) is 10.8. The number of fused-ring (bicyclic) bond motifs is 2. The van der Waals surface area contributed by atoms with Crippen LogP contribution in [0.3, 0.4) is 0 Å². The van der Waals surface area contributed by atoms with E-state index in [0.29, 0.717) is 6.42 Å². The van der Waals surface area contributed by atoms with Gasteiger partial charge in [0, 0.05) is 0 Å². The number of hydrogen-bond acceptors (Lipinski definition) is 5. The highest BCUT2D eigenvalue weighted by atomic mass is 16.7. The van der Waals surface area contributed by atoms with Gasteiger partial charge in [0.1, 0.15) is 0 Å². The van der Waals surface area contributed by atoms with Crippen LogP contribution in [0.2, 0.25) is 0 Å². The molecule has 2 rings (SSSR count). The maximum Gasteiger partial charge on any atom is 0.314 e. The number of esters is 2. The molecule has 0 N–H and O–H groups in total. The molecule has 1 fully saturated rings. The Labute approximate surface area is 106 Å². The summed E-state index contributed by atoms with van der Waals surface area (Å²) in [5.74, 6) is -1.03. The van der Waals surface area contributed by atoms with Crippen LogP contribution in [0.25, 0.3) is 0 Å². The van der Waals surface area contributed by atoms with Crippen molar-refractivity contribution in [2.75, 3.05) is 6.79 Å². The summed E-state index contributed by atoms with van der Waals surface area (Å²) < 4.78 is 15.3. The van der Waals surface area contributed by atoms with E-state index in [9.17, 15) is 9.59 Å². The topological polar surface area (TPSA) is 61.8 Å². The quantitative estimate of drug-likeness (QED) is 0.433. The number of rotatable bonds is 3. The summed E-state index contributed by atoms with van der Waals surface area (Å²) in [7, 11) is 0. The van der Waals surface area contributed by atoms with Crippen molar-refractivity contribution in [3.8, 4) is 0 Å². The summed E-state index contributed by atoms with van der Waals surface area (Å²) in [6.45, 7) is 4.90. The first-order chi connectivity index (χ1) is 8.38. The van der Waals surface area contributed by atoms with E-state index in [2.05, 4.69) is 0 Å². The maximum absolute atomic E-state index is 11.7. The Morgan fingerprint density at radius 1 is 1.28 bits per heavy atom. The third-order valence-electron chi connectivity index (χ3n) is 3.04. The van der Waals surface area contributed by atoms with E-state index in [-0.39, 0.29) is 36.9 Å². The minimum Gasteiger partial charge on any atom is -0.428 e. The van der Waals surface area contributed by atoms with E-state index in [4.69, 9.17) is 14.2 Å². The molecule has 18 heavy (non-hydrogen) atoms. The smallest absolute Gasteiger partial charge is 0.314 e. The van der Waals surface area contributed by atoms with Crippen LogP contribution in [-0.4, -0.2) is 30.9 Å².